The molecule has 0 aromatic heterocycles. The van der Waals surface area contributed by atoms with Crippen molar-refractivity contribution in [3.05, 3.63) is 54.1 Å². The van der Waals surface area contributed by atoms with Gasteiger partial charge in [-0.15, -0.1) is 6.42 Å². The van der Waals surface area contributed by atoms with E-state index in [2.05, 4.69) is 16.2 Å². The minimum atomic E-state index is -0.681. The number of benzene rings is 2. The lowest BCUT2D eigenvalue weighted by Crippen LogP contribution is -2.46. The van der Waals surface area contributed by atoms with Crippen LogP contribution in [0.4, 0.5) is 0 Å². The van der Waals surface area contributed by atoms with Crippen molar-refractivity contribution in [3.8, 4) is 29.2 Å². The first-order valence-corrected chi connectivity index (χ1v) is 7.92. The third-order valence-corrected chi connectivity index (χ3v) is 4.11. The van der Waals surface area contributed by atoms with E-state index in [1.807, 2.05) is 55.5 Å². The van der Waals surface area contributed by atoms with Crippen LogP contribution in [0.2, 0.25) is 0 Å². The van der Waals surface area contributed by atoms with E-state index in [0.29, 0.717) is 5.75 Å². The summed E-state index contributed by atoms with van der Waals surface area (Å²) in [5.41, 5.74) is 7.99. The second-order valence-corrected chi connectivity index (χ2v) is 6.10. The number of aliphatic imine (C=N–C) groups is 1. The lowest BCUT2D eigenvalue weighted by atomic mass is 9.86. The van der Waals surface area contributed by atoms with E-state index in [-0.39, 0.29) is 24.9 Å². The molecule has 1 aliphatic heterocycles. The molecule has 3 N–H and O–H groups in total. The number of nitrogens with zero attached hydrogens (tertiary/aromatic N) is 1. The Morgan fingerprint density at radius 1 is 1.28 bits per heavy atom. The maximum absolute atomic E-state index is 11.9. The molecule has 1 heterocycles. The van der Waals surface area contributed by atoms with Crippen molar-refractivity contribution in [2.45, 2.75) is 18.9 Å². The average molecular weight is 333 g/mol. The Hall–Kier alpha value is -3.26. The topological polar surface area (TPSA) is 76.7 Å². The Morgan fingerprint density at radius 3 is 2.72 bits per heavy atom. The normalized spacial score (nSPS) is 19.5. The molecule has 25 heavy (non-hydrogen) atoms. The number of nitrogens with one attached hydrogen (secondary N) is 1. The van der Waals surface area contributed by atoms with Gasteiger partial charge in [0.25, 0.3) is 0 Å². The van der Waals surface area contributed by atoms with Crippen LogP contribution in [0.25, 0.3) is 11.1 Å². The standard InChI is InChI=1S/C20H19N3O2/c1-3-10-25-17-9-5-7-15(12-17)14-6-4-8-16(11-14)20(2)13-18(24)22-19(21)23-20/h1,4-9,11-12H,10,13H2,2H3,(H3,21,22,23,24)/t20-/m0/s1. The second-order valence-electron chi connectivity index (χ2n) is 6.10. The molecular formula is C20H19N3O2. The number of carbonyl (C=O) groups excluding carboxylic acids is 1. The monoisotopic (exact) mass is 333 g/mol. The number of carbonyl (C=O) groups is 1. The van der Waals surface area contributed by atoms with Crippen LogP contribution in [0.3, 0.4) is 0 Å². The van der Waals surface area contributed by atoms with Gasteiger partial charge in [-0.3, -0.25) is 10.1 Å². The first-order chi connectivity index (χ1) is 12.0. The lowest BCUT2D eigenvalue weighted by molar-refractivity contribution is -0.121. The summed E-state index contributed by atoms with van der Waals surface area (Å²) in [6, 6.07) is 15.6. The van der Waals surface area contributed by atoms with Gasteiger partial charge >= 0.3 is 0 Å². The first-order valence-electron chi connectivity index (χ1n) is 7.92. The van der Waals surface area contributed by atoms with Crippen LogP contribution in [-0.2, 0) is 10.3 Å². The smallest absolute Gasteiger partial charge is 0.229 e. The summed E-state index contributed by atoms with van der Waals surface area (Å²) in [5.74, 6) is 3.18. The van der Waals surface area contributed by atoms with Gasteiger partial charge in [-0.1, -0.05) is 36.3 Å². The van der Waals surface area contributed by atoms with E-state index in [1.165, 1.54) is 0 Å². The number of rotatable bonds is 4. The van der Waals surface area contributed by atoms with Gasteiger partial charge in [0.15, 0.2) is 5.96 Å². The zero-order valence-electron chi connectivity index (χ0n) is 14.0. The van der Waals surface area contributed by atoms with Crippen molar-refractivity contribution in [2.75, 3.05) is 6.61 Å². The van der Waals surface area contributed by atoms with Crippen LogP contribution in [0.5, 0.6) is 5.75 Å². The van der Waals surface area contributed by atoms with Gasteiger partial charge in [0.2, 0.25) is 5.91 Å². The SMILES string of the molecule is C#CCOc1cccc(-c2cccc([C@]3(C)CC(=O)NC(N)=N3)c2)c1. The second kappa shape index (κ2) is 6.70. The molecule has 1 atom stereocenters. The first kappa shape index (κ1) is 16.6. The van der Waals surface area contributed by atoms with Crippen molar-refractivity contribution < 1.29 is 9.53 Å². The van der Waals surface area contributed by atoms with Crippen LogP contribution >= 0.6 is 0 Å². The predicted octanol–water partition coefficient (Wildman–Crippen LogP) is 2.42. The molecule has 0 saturated heterocycles. The summed E-state index contributed by atoms with van der Waals surface area (Å²) in [6.07, 6.45) is 5.49. The van der Waals surface area contributed by atoms with Crippen LogP contribution in [0.1, 0.15) is 18.9 Å². The third kappa shape index (κ3) is 3.64. The zero-order chi connectivity index (χ0) is 17.9. The van der Waals surface area contributed by atoms with Gasteiger partial charge in [0, 0.05) is 0 Å². The molecule has 0 spiro atoms. The summed E-state index contributed by atoms with van der Waals surface area (Å²) in [7, 11) is 0. The highest BCUT2D eigenvalue weighted by molar-refractivity contribution is 5.99. The van der Waals surface area contributed by atoms with Crippen molar-refractivity contribution in [2.24, 2.45) is 10.7 Å². The minimum absolute atomic E-state index is 0.134. The molecule has 5 nitrogen and oxygen atoms in total. The number of guanidine groups is 1. The minimum Gasteiger partial charge on any atom is -0.481 e. The summed E-state index contributed by atoms with van der Waals surface area (Å²) < 4.78 is 5.48. The van der Waals surface area contributed by atoms with Gasteiger partial charge in [0.1, 0.15) is 12.4 Å². The fourth-order valence-corrected chi connectivity index (χ4v) is 2.92. The molecule has 0 radical (unpaired) electrons. The number of hydrogen-bond acceptors (Lipinski definition) is 4. The summed E-state index contributed by atoms with van der Waals surface area (Å²) >= 11 is 0. The van der Waals surface area contributed by atoms with Gasteiger partial charge in [-0.25, -0.2) is 4.99 Å². The van der Waals surface area contributed by atoms with Gasteiger partial charge in [-0.05, 0) is 41.8 Å². The summed E-state index contributed by atoms with van der Waals surface area (Å²) in [6.45, 7) is 2.13. The molecule has 0 saturated carbocycles. The molecule has 0 unspecified atom stereocenters. The molecule has 0 bridgehead atoms. The van der Waals surface area contributed by atoms with Gasteiger partial charge in [0.05, 0.1) is 12.0 Å². The maximum Gasteiger partial charge on any atom is 0.229 e. The van der Waals surface area contributed by atoms with Crippen LogP contribution < -0.4 is 15.8 Å². The van der Waals surface area contributed by atoms with E-state index in [0.717, 1.165) is 16.7 Å². The number of hydrogen-bond donors (Lipinski definition) is 2. The molecule has 0 fully saturated rings. The Bertz CT molecular complexity index is 883. The van der Waals surface area contributed by atoms with Crippen molar-refractivity contribution in [1.82, 2.24) is 5.32 Å². The average Bonchev–Trinajstić information content (AvgIpc) is 2.59. The van der Waals surface area contributed by atoms with Crippen molar-refractivity contribution in [1.29, 1.82) is 0 Å². The quantitative estimate of drug-likeness (QED) is 0.844. The van der Waals surface area contributed by atoms with E-state index >= 15 is 0 Å². The van der Waals surface area contributed by atoms with E-state index in [4.69, 9.17) is 16.9 Å². The molecular weight excluding hydrogens is 314 g/mol. The maximum atomic E-state index is 11.9. The van der Waals surface area contributed by atoms with Gasteiger partial charge < -0.3 is 10.5 Å². The third-order valence-electron chi connectivity index (χ3n) is 4.11. The van der Waals surface area contributed by atoms with Crippen LogP contribution in [-0.4, -0.2) is 18.5 Å². The van der Waals surface area contributed by atoms with Crippen molar-refractivity contribution >= 4 is 11.9 Å². The fraction of sp³-hybridized carbons (Fsp3) is 0.200. The predicted molar refractivity (Wildman–Crippen MR) is 97.9 cm³/mol. The van der Waals surface area contributed by atoms with E-state index < -0.39 is 5.54 Å². The van der Waals surface area contributed by atoms with E-state index in [1.54, 1.807) is 0 Å². The zero-order valence-corrected chi connectivity index (χ0v) is 14.0. The van der Waals surface area contributed by atoms with Crippen LogP contribution in [0.15, 0.2) is 53.5 Å². The van der Waals surface area contributed by atoms with E-state index in [9.17, 15) is 4.79 Å². The molecule has 3 rings (SSSR count). The Kier molecular flexibility index (Phi) is 4.44. The van der Waals surface area contributed by atoms with Gasteiger partial charge in [-0.2, -0.15) is 0 Å². The molecule has 126 valence electrons. The Morgan fingerprint density at radius 2 is 2.00 bits per heavy atom. The number of amides is 1. The fourth-order valence-electron chi connectivity index (χ4n) is 2.92. The summed E-state index contributed by atoms with van der Waals surface area (Å²) in [4.78, 5) is 16.3. The highest BCUT2D eigenvalue weighted by Crippen LogP contribution is 2.34. The number of terminal acetylenes is 1. The highest BCUT2D eigenvalue weighted by atomic mass is 16.5. The molecule has 1 amide bonds. The molecule has 2 aromatic rings. The highest BCUT2D eigenvalue weighted by Gasteiger charge is 2.33. The Balaban J connectivity index is 1.96. The number of ether oxygens (including phenoxy) is 1. The number of nitrogens with two attached hydrogens (primary N) is 1. The Labute approximate surface area is 146 Å². The molecule has 2 aromatic carbocycles. The summed E-state index contributed by atoms with van der Waals surface area (Å²) in [5, 5.41) is 2.53. The lowest BCUT2D eigenvalue weighted by Gasteiger charge is -2.30. The largest absolute Gasteiger partial charge is 0.481 e. The molecule has 5 heteroatoms. The van der Waals surface area contributed by atoms with Crippen LogP contribution in [0, 0.1) is 12.3 Å². The molecule has 1 aliphatic rings. The van der Waals surface area contributed by atoms with Crippen molar-refractivity contribution in [3.63, 3.8) is 0 Å². The molecule has 0 aliphatic carbocycles.